The second-order valence-electron chi connectivity index (χ2n) is 11.5. The summed E-state index contributed by atoms with van der Waals surface area (Å²) >= 11 is 6.10. The van der Waals surface area contributed by atoms with Gasteiger partial charge >= 0.3 is 12.1 Å². The molecule has 1 N–H and O–H groups in total. The number of nitrogens with zero attached hydrogens (tertiary/aromatic N) is 1. The number of hydrogen-bond acceptors (Lipinski definition) is 7. The number of aliphatic hydroxyl groups is 1. The van der Waals surface area contributed by atoms with E-state index in [9.17, 15) is 23.1 Å². The van der Waals surface area contributed by atoms with Gasteiger partial charge in [-0.2, -0.15) is 0 Å². The number of benzene rings is 3. The predicted octanol–water partition coefficient (Wildman–Crippen LogP) is 6.96. The van der Waals surface area contributed by atoms with Gasteiger partial charge in [-0.05, 0) is 101 Å². The third-order valence-electron chi connectivity index (χ3n) is 6.67. The highest BCUT2D eigenvalue weighted by Gasteiger charge is 2.29. The van der Waals surface area contributed by atoms with Gasteiger partial charge in [-0.15, -0.1) is 0 Å². The molecule has 2 atom stereocenters. The van der Waals surface area contributed by atoms with Gasteiger partial charge in [0.05, 0.1) is 29.0 Å². The zero-order valence-electron chi connectivity index (χ0n) is 25.9. The lowest BCUT2D eigenvalue weighted by Gasteiger charge is -2.33. The van der Waals surface area contributed by atoms with Crippen LogP contribution in [0, 0.1) is 6.92 Å². The molecular formula is C34H40ClNO7S. The molecule has 0 unspecified atom stereocenters. The van der Waals surface area contributed by atoms with Crippen molar-refractivity contribution in [3.63, 3.8) is 0 Å². The van der Waals surface area contributed by atoms with Gasteiger partial charge in [0.15, 0.2) is 0 Å². The number of aliphatic hydroxyl groups excluding tert-OH is 1. The number of rotatable bonds is 11. The van der Waals surface area contributed by atoms with Gasteiger partial charge in [0.2, 0.25) is 9.84 Å². The summed E-state index contributed by atoms with van der Waals surface area (Å²) in [7, 11) is -3.92. The van der Waals surface area contributed by atoms with Crippen molar-refractivity contribution in [1.29, 1.82) is 0 Å². The number of aryl methyl sites for hydroxylation is 1. The smallest absolute Gasteiger partial charge is 0.410 e. The molecule has 0 aliphatic heterocycles. The minimum atomic E-state index is -3.92. The van der Waals surface area contributed by atoms with E-state index in [0.717, 1.165) is 11.1 Å². The zero-order chi connectivity index (χ0) is 32.7. The third kappa shape index (κ3) is 9.67. The first-order valence-electron chi connectivity index (χ1n) is 14.3. The van der Waals surface area contributed by atoms with E-state index in [1.165, 1.54) is 35.3 Å². The summed E-state index contributed by atoms with van der Waals surface area (Å²) in [5, 5.41) is 11.4. The lowest BCUT2D eigenvalue weighted by atomic mass is 10.0. The van der Waals surface area contributed by atoms with Gasteiger partial charge in [-0.25, -0.2) is 18.0 Å². The minimum Gasteiger partial charge on any atom is -0.463 e. The fourth-order valence-electron chi connectivity index (χ4n) is 4.53. The Labute approximate surface area is 265 Å². The fraction of sp³-hybridized carbons (Fsp3) is 0.353. The Morgan fingerprint density at radius 2 is 1.73 bits per heavy atom. The van der Waals surface area contributed by atoms with Gasteiger partial charge in [0.25, 0.3) is 0 Å². The van der Waals surface area contributed by atoms with E-state index >= 15 is 0 Å². The number of esters is 1. The highest BCUT2D eigenvalue weighted by Crippen LogP contribution is 2.28. The van der Waals surface area contributed by atoms with Crippen molar-refractivity contribution >= 4 is 39.6 Å². The number of carbonyl (C=O) groups excluding carboxylic acids is 2. The van der Waals surface area contributed by atoms with Crippen LogP contribution < -0.4 is 0 Å². The summed E-state index contributed by atoms with van der Waals surface area (Å²) in [4.78, 5) is 26.7. The van der Waals surface area contributed by atoms with Crippen LogP contribution in [0.5, 0.6) is 0 Å². The number of amides is 1. The van der Waals surface area contributed by atoms with E-state index < -0.39 is 39.6 Å². The first-order valence-corrected chi connectivity index (χ1v) is 16.2. The van der Waals surface area contributed by atoms with Crippen molar-refractivity contribution in [2.45, 2.75) is 75.5 Å². The molecule has 0 saturated carbocycles. The molecule has 44 heavy (non-hydrogen) atoms. The monoisotopic (exact) mass is 641 g/mol. The number of halogens is 1. The van der Waals surface area contributed by atoms with Crippen LogP contribution in [0.25, 0.3) is 6.08 Å². The van der Waals surface area contributed by atoms with Gasteiger partial charge in [0.1, 0.15) is 5.60 Å². The number of hydrogen-bond donors (Lipinski definition) is 1. The van der Waals surface area contributed by atoms with Crippen LogP contribution in [-0.4, -0.2) is 55.3 Å². The molecule has 0 fully saturated rings. The summed E-state index contributed by atoms with van der Waals surface area (Å²) < 4.78 is 37.8. The molecule has 0 bridgehead atoms. The second kappa shape index (κ2) is 14.9. The van der Waals surface area contributed by atoms with E-state index in [1.54, 1.807) is 76.2 Å². The summed E-state index contributed by atoms with van der Waals surface area (Å²) in [5.41, 5.74) is 1.83. The summed E-state index contributed by atoms with van der Waals surface area (Å²) in [5.74, 6) is -0.559. The Balaban J connectivity index is 1.85. The standard InChI is InChI=1S/C34H40ClNO7S/c1-7-42-32(38)18-14-27-19-23(2)11-17-31(27)44(40,41)29-15-12-25(13-16-29)20-24(3)36(33(39)43-34(4,5)6)22-30(37)26-9-8-10-28(35)21-26/h8-19,21,24,30,37H,7,20,22H2,1-6H3/t24-,30+/m1/s1. The van der Waals surface area contributed by atoms with Crippen LogP contribution in [0.2, 0.25) is 5.02 Å². The highest BCUT2D eigenvalue weighted by atomic mass is 35.5. The van der Waals surface area contributed by atoms with Crippen LogP contribution in [0.3, 0.4) is 0 Å². The van der Waals surface area contributed by atoms with E-state index in [0.29, 0.717) is 22.6 Å². The minimum absolute atomic E-state index is 0.0294. The Hall–Kier alpha value is -3.66. The Bertz CT molecular complexity index is 1590. The summed E-state index contributed by atoms with van der Waals surface area (Å²) in [6, 6.07) is 17.8. The molecule has 236 valence electrons. The van der Waals surface area contributed by atoms with Crippen molar-refractivity contribution in [3.05, 3.63) is 100 Å². The molecule has 3 aromatic carbocycles. The largest absolute Gasteiger partial charge is 0.463 e. The SMILES string of the molecule is CCOC(=O)C=Cc1cc(C)ccc1S(=O)(=O)c1ccc(C[C@@H](C)N(C[C@H](O)c2cccc(Cl)c2)C(=O)OC(C)(C)C)cc1. The van der Waals surface area contributed by atoms with Crippen LogP contribution in [0.15, 0.2) is 82.6 Å². The van der Waals surface area contributed by atoms with Crippen LogP contribution in [-0.2, 0) is 30.5 Å². The molecule has 10 heteroatoms. The topological polar surface area (TPSA) is 110 Å². The molecule has 0 aliphatic rings. The highest BCUT2D eigenvalue weighted by molar-refractivity contribution is 7.91. The van der Waals surface area contributed by atoms with Gasteiger partial charge in [-0.3, -0.25) is 0 Å². The first-order chi connectivity index (χ1) is 20.6. The Morgan fingerprint density at radius 3 is 2.34 bits per heavy atom. The molecular weight excluding hydrogens is 602 g/mol. The lowest BCUT2D eigenvalue weighted by molar-refractivity contribution is -0.137. The fourth-order valence-corrected chi connectivity index (χ4v) is 6.17. The molecule has 0 spiro atoms. The molecule has 1 amide bonds. The maximum absolute atomic E-state index is 13.6. The zero-order valence-corrected chi connectivity index (χ0v) is 27.5. The van der Waals surface area contributed by atoms with Crippen molar-refractivity contribution in [2.75, 3.05) is 13.2 Å². The Kier molecular flexibility index (Phi) is 11.8. The molecule has 8 nitrogen and oxygen atoms in total. The quantitative estimate of drug-likeness (QED) is 0.178. The molecule has 0 saturated heterocycles. The van der Waals surface area contributed by atoms with Crippen LogP contribution >= 0.6 is 11.6 Å². The molecule has 3 aromatic rings. The van der Waals surface area contributed by atoms with Crippen molar-refractivity contribution in [1.82, 2.24) is 4.90 Å². The third-order valence-corrected chi connectivity index (χ3v) is 8.75. The normalized spacial score (nSPS) is 13.4. The van der Waals surface area contributed by atoms with Gasteiger partial charge < -0.3 is 19.5 Å². The van der Waals surface area contributed by atoms with Crippen LogP contribution in [0.1, 0.15) is 63.0 Å². The molecule has 0 aromatic heterocycles. The van der Waals surface area contributed by atoms with Crippen molar-refractivity contribution in [2.24, 2.45) is 0 Å². The van der Waals surface area contributed by atoms with E-state index in [-0.39, 0.29) is 22.9 Å². The predicted molar refractivity (Wildman–Crippen MR) is 171 cm³/mol. The maximum Gasteiger partial charge on any atom is 0.410 e. The molecule has 0 heterocycles. The van der Waals surface area contributed by atoms with E-state index in [4.69, 9.17) is 21.1 Å². The first kappa shape index (κ1) is 34.8. The number of carbonyl (C=O) groups is 2. The number of sulfone groups is 1. The average molecular weight is 642 g/mol. The average Bonchev–Trinajstić information content (AvgIpc) is 2.94. The molecule has 3 rings (SSSR count). The van der Waals surface area contributed by atoms with E-state index in [2.05, 4.69) is 0 Å². The summed E-state index contributed by atoms with van der Waals surface area (Å²) in [6.45, 7) is 10.9. The summed E-state index contributed by atoms with van der Waals surface area (Å²) in [6.07, 6.45) is 1.45. The van der Waals surface area contributed by atoms with Gasteiger partial charge in [-0.1, -0.05) is 53.6 Å². The lowest BCUT2D eigenvalue weighted by Crippen LogP contribution is -2.45. The Morgan fingerprint density at radius 1 is 1.05 bits per heavy atom. The maximum atomic E-state index is 13.6. The second-order valence-corrected chi connectivity index (χ2v) is 13.9. The van der Waals surface area contributed by atoms with Crippen LogP contribution in [0.4, 0.5) is 4.79 Å². The van der Waals surface area contributed by atoms with Crippen molar-refractivity contribution in [3.8, 4) is 0 Å². The van der Waals surface area contributed by atoms with Crippen molar-refractivity contribution < 1.29 is 32.6 Å². The molecule has 0 radical (unpaired) electrons. The van der Waals surface area contributed by atoms with Gasteiger partial charge in [0, 0.05) is 17.1 Å². The molecule has 0 aliphatic carbocycles. The number of ether oxygens (including phenoxy) is 2. The van der Waals surface area contributed by atoms with E-state index in [1.807, 2.05) is 13.8 Å².